The molecule has 22 nitrogen and oxygen atoms in total. The first-order valence-electron chi connectivity index (χ1n) is 8.60. The minimum absolute atomic E-state index is 0.243. The van der Waals surface area contributed by atoms with Crippen LogP contribution in [0.2, 0.25) is 0 Å². The number of H-pyrrole nitrogens is 1. The van der Waals surface area contributed by atoms with Crippen LogP contribution in [0.4, 0.5) is 5.95 Å². The molecule has 1 saturated heterocycles. The summed E-state index contributed by atoms with van der Waals surface area (Å²) in [6.45, 7) is -1.43. The highest BCUT2D eigenvalue weighted by atomic mass is 31.3. The van der Waals surface area contributed by atoms with Crippen LogP contribution in [0.15, 0.2) is 16.2 Å². The van der Waals surface area contributed by atoms with E-state index in [9.17, 15) is 38.5 Å². The number of aromatic amines is 1. The van der Waals surface area contributed by atoms with Crippen LogP contribution in [0.1, 0.15) is 6.23 Å². The molecule has 0 aromatic carbocycles. The van der Waals surface area contributed by atoms with Crippen LogP contribution in [-0.4, -0.2) is 73.8 Å². The summed E-state index contributed by atoms with van der Waals surface area (Å²) in [5.74, 6) is -0.355. The summed E-state index contributed by atoms with van der Waals surface area (Å²) in [6.07, 6.45) is -4.95. The Morgan fingerprint density at radius 3 is 2.51 bits per heavy atom. The van der Waals surface area contributed by atoms with Crippen molar-refractivity contribution in [3.63, 3.8) is 0 Å². The zero-order valence-corrected chi connectivity index (χ0v) is 19.3. The van der Waals surface area contributed by atoms with Gasteiger partial charge in [-0.1, -0.05) is 5.11 Å². The van der Waals surface area contributed by atoms with Crippen LogP contribution < -0.4 is 11.3 Å². The lowest BCUT2D eigenvalue weighted by atomic mass is 10.1. The molecule has 1 fully saturated rings. The van der Waals surface area contributed by atoms with E-state index in [2.05, 4.69) is 38.1 Å². The first-order chi connectivity index (χ1) is 16.0. The number of aromatic nitrogens is 4. The van der Waals surface area contributed by atoms with Gasteiger partial charge >= 0.3 is 23.5 Å². The number of hydrogen-bond acceptors (Lipinski definition) is 14. The Morgan fingerprint density at radius 1 is 1.26 bits per heavy atom. The molecule has 6 atom stereocenters. The number of nitrogens with one attached hydrogen (secondary N) is 1. The molecule has 35 heavy (non-hydrogen) atoms. The zero-order chi connectivity index (χ0) is 26.4. The molecule has 0 spiro atoms. The van der Waals surface area contributed by atoms with Crippen LogP contribution in [0.3, 0.4) is 0 Å². The van der Waals surface area contributed by atoms with Gasteiger partial charge in [0.15, 0.2) is 17.4 Å². The maximum Gasteiger partial charge on any atom is 0.490 e. The van der Waals surface area contributed by atoms with Gasteiger partial charge in [-0.25, -0.2) is 18.7 Å². The largest absolute Gasteiger partial charge is 0.490 e. The number of phosphoric ester groups is 1. The second kappa shape index (κ2) is 9.32. The van der Waals surface area contributed by atoms with Crippen molar-refractivity contribution in [2.45, 2.75) is 24.2 Å². The maximum atomic E-state index is 12.0. The molecule has 2 unspecified atom stereocenters. The third-order valence-corrected chi connectivity index (χ3v) is 7.97. The smallest absolute Gasteiger partial charge is 0.387 e. The summed E-state index contributed by atoms with van der Waals surface area (Å²) in [7, 11) is -17.3. The molecule has 1 aliphatic rings. The number of nitrogens with zero attached hydrogens (tertiary/aromatic N) is 6. The first kappa shape index (κ1) is 27.3. The summed E-state index contributed by atoms with van der Waals surface area (Å²) in [4.78, 5) is 60.0. The molecule has 1 aliphatic heterocycles. The minimum atomic E-state index is -5.87. The Balaban J connectivity index is 1.89. The number of fused-ring (bicyclic) bond motifs is 1. The molecule has 2 aromatic rings. The lowest BCUT2D eigenvalue weighted by Gasteiger charge is -2.27. The van der Waals surface area contributed by atoms with Crippen molar-refractivity contribution in [1.82, 2.24) is 19.5 Å². The van der Waals surface area contributed by atoms with Crippen LogP contribution in [-0.2, 0) is 31.6 Å². The third kappa shape index (κ3) is 5.95. The van der Waals surface area contributed by atoms with Crippen LogP contribution >= 0.6 is 23.5 Å². The molecule has 194 valence electrons. The predicted molar refractivity (Wildman–Crippen MR) is 106 cm³/mol. The highest BCUT2D eigenvalue weighted by Crippen LogP contribution is 2.66. The van der Waals surface area contributed by atoms with E-state index in [1.807, 2.05) is 0 Å². The Kier molecular flexibility index (Phi) is 7.28. The number of nitrogen functional groups attached to an aromatic ring is 1. The van der Waals surface area contributed by atoms with E-state index in [0.29, 0.717) is 0 Å². The maximum absolute atomic E-state index is 12.0. The van der Waals surface area contributed by atoms with Crippen molar-refractivity contribution < 1.29 is 61.4 Å². The Labute approximate surface area is 191 Å². The number of ether oxygens (including phenoxy) is 1. The Hall–Kier alpha value is -2.25. The van der Waals surface area contributed by atoms with E-state index in [0.717, 1.165) is 10.9 Å². The van der Waals surface area contributed by atoms with E-state index in [-0.39, 0.29) is 17.1 Å². The molecule has 0 saturated carbocycles. The fourth-order valence-electron chi connectivity index (χ4n) is 2.91. The van der Waals surface area contributed by atoms with Gasteiger partial charge in [0.1, 0.15) is 12.2 Å². The van der Waals surface area contributed by atoms with Gasteiger partial charge in [-0.3, -0.25) is 18.9 Å². The lowest BCUT2D eigenvalue weighted by molar-refractivity contribution is -0.121. The summed E-state index contributed by atoms with van der Waals surface area (Å²) in [5, 5.41) is 24.1. The zero-order valence-electron chi connectivity index (χ0n) is 16.6. The van der Waals surface area contributed by atoms with Gasteiger partial charge in [0, 0.05) is 4.91 Å². The number of nitrogens with two attached hydrogens (primary N) is 1. The van der Waals surface area contributed by atoms with Gasteiger partial charge in [0.25, 0.3) is 5.56 Å². The van der Waals surface area contributed by atoms with Crippen LogP contribution in [0.25, 0.3) is 21.6 Å². The second-order valence-electron chi connectivity index (χ2n) is 6.62. The van der Waals surface area contributed by atoms with Crippen molar-refractivity contribution in [3.05, 3.63) is 27.1 Å². The summed E-state index contributed by atoms with van der Waals surface area (Å²) >= 11 is 0. The molecular formula is C10H15N8O14P3. The third-order valence-electron chi connectivity index (χ3n) is 4.19. The molecule has 0 radical (unpaired) electrons. The van der Waals surface area contributed by atoms with Gasteiger partial charge in [-0.2, -0.15) is 13.6 Å². The molecule has 0 aliphatic carbocycles. The number of phosphoric acid groups is 3. The monoisotopic (exact) mass is 564 g/mol. The number of azide groups is 1. The molecule has 2 aromatic heterocycles. The van der Waals surface area contributed by atoms with Gasteiger partial charge in [-0.15, -0.1) is 0 Å². The summed E-state index contributed by atoms with van der Waals surface area (Å²) < 4.78 is 51.9. The quantitative estimate of drug-likeness (QED) is 0.0728. The highest BCUT2D eigenvalue weighted by molar-refractivity contribution is 7.66. The van der Waals surface area contributed by atoms with Crippen molar-refractivity contribution in [1.29, 1.82) is 0 Å². The average Bonchev–Trinajstić information content (AvgIpc) is 3.19. The molecule has 9 N–H and O–H groups in total. The topological polar surface area (TPSA) is 348 Å². The van der Waals surface area contributed by atoms with Gasteiger partial charge in [-0.05, 0) is 5.53 Å². The number of hydrogen-bond donors (Lipinski definition) is 8. The predicted octanol–water partition coefficient (Wildman–Crippen LogP) is -1.70. The number of aliphatic hydroxyl groups is 2. The highest BCUT2D eigenvalue weighted by Gasteiger charge is 2.56. The summed E-state index contributed by atoms with van der Waals surface area (Å²) in [6, 6.07) is 0. The van der Waals surface area contributed by atoms with E-state index in [1.165, 1.54) is 0 Å². The molecule has 0 bridgehead atoms. The van der Waals surface area contributed by atoms with Crippen molar-refractivity contribution in [2.24, 2.45) is 5.11 Å². The SMILES string of the molecule is [N-]=[N+]=N[C@]1(COP(=O)(O)OP(=O)(O)OP(=O)(O)O)O[C@@H](n2cnc3c(=O)[nH]c(N)nc32)[C@H](O)[C@@H]1O. The van der Waals surface area contributed by atoms with E-state index < -0.39 is 59.8 Å². The number of anilines is 1. The second-order valence-corrected chi connectivity index (χ2v) is 11.0. The first-order valence-corrected chi connectivity index (χ1v) is 13.1. The fraction of sp³-hybridized carbons (Fsp3) is 0.500. The number of imidazole rings is 1. The fourth-order valence-corrected chi connectivity index (χ4v) is 5.95. The van der Waals surface area contributed by atoms with Crippen LogP contribution in [0.5, 0.6) is 0 Å². The van der Waals surface area contributed by atoms with Gasteiger partial charge < -0.3 is 40.3 Å². The molecule has 25 heteroatoms. The Bertz CT molecular complexity index is 1380. The van der Waals surface area contributed by atoms with E-state index in [4.69, 9.17) is 25.8 Å². The van der Waals surface area contributed by atoms with Crippen LogP contribution in [0, 0.1) is 0 Å². The lowest BCUT2D eigenvalue weighted by Crippen LogP contribution is -2.44. The Morgan fingerprint density at radius 2 is 1.91 bits per heavy atom. The molecular weight excluding hydrogens is 549 g/mol. The van der Waals surface area contributed by atoms with E-state index >= 15 is 0 Å². The standard InChI is InChI=1S/C10H15N8O14P3/c11-9-14-6-3(7(21)15-9)13-2-18(6)8-4(19)5(20)10(30-8,16-17-12)1-29-34(25,26)32-35(27,28)31-33(22,23)24/h2,4-5,8,19-20H,1H2,(H,25,26)(H,27,28)(H2,22,23,24)(H3,11,14,15,21)/t4-,5+,8-,10-/m1/s1. The number of rotatable bonds is 9. The normalized spacial score (nSPS) is 28.3. The van der Waals surface area contributed by atoms with E-state index in [1.54, 1.807) is 0 Å². The minimum Gasteiger partial charge on any atom is -0.387 e. The molecule has 3 rings (SSSR count). The van der Waals surface area contributed by atoms with Gasteiger partial charge in [0.2, 0.25) is 11.7 Å². The van der Waals surface area contributed by atoms with Crippen molar-refractivity contribution in [3.8, 4) is 0 Å². The van der Waals surface area contributed by atoms with Gasteiger partial charge in [0.05, 0.1) is 12.9 Å². The molecule has 0 amide bonds. The molecule has 3 heterocycles. The van der Waals surface area contributed by atoms with Crippen molar-refractivity contribution >= 4 is 40.6 Å². The van der Waals surface area contributed by atoms with Crippen molar-refractivity contribution in [2.75, 3.05) is 12.3 Å². The summed E-state index contributed by atoms with van der Waals surface area (Å²) in [5.41, 5.74) is 10.4. The average molecular weight is 564 g/mol. The number of aliphatic hydroxyl groups excluding tert-OH is 2.